The molecule has 1 aromatic heterocycles. The minimum absolute atomic E-state index is 0.0903. The van der Waals surface area contributed by atoms with Crippen LogP contribution in [0, 0.1) is 10.1 Å². The molecule has 0 aliphatic rings. The number of amides is 1. The summed E-state index contributed by atoms with van der Waals surface area (Å²) < 4.78 is 10.1. The van der Waals surface area contributed by atoms with Gasteiger partial charge in [-0.05, 0) is 19.1 Å². The zero-order valence-corrected chi connectivity index (χ0v) is 14.0. The Labute approximate surface area is 147 Å². The first-order valence-corrected chi connectivity index (χ1v) is 7.37. The van der Waals surface area contributed by atoms with E-state index in [1.165, 1.54) is 38.4 Å². The number of aromatic amines is 1. The molecule has 2 rings (SSSR count). The molecule has 0 spiro atoms. The smallest absolute Gasteiger partial charge is 0.355 e. The summed E-state index contributed by atoms with van der Waals surface area (Å²) in [5.74, 6) is -1.21. The number of nitrogens with zero attached hydrogens (tertiary/aromatic N) is 1. The second kappa shape index (κ2) is 7.67. The highest BCUT2D eigenvalue weighted by Crippen LogP contribution is 2.29. The van der Waals surface area contributed by atoms with Crippen molar-refractivity contribution in [2.24, 2.45) is 0 Å². The summed E-state index contributed by atoms with van der Waals surface area (Å²) in [6, 6.07) is 5.10. The van der Waals surface area contributed by atoms with Crippen molar-refractivity contribution < 1.29 is 24.0 Å². The number of nitrogens with one attached hydrogen (secondary N) is 2. The number of nitro benzene ring substituents is 1. The second-order valence-electron chi connectivity index (χ2n) is 4.91. The molecule has 2 aromatic rings. The van der Waals surface area contributed by atoms with Crippen molar-refractivity contribution in [1.82, 2.24) is 4.98 Å². The van der Waals surface area contributed by atoms with Gasteiger partial charge in [0.05, 0.1) is 22.7 Å². The quantitative estimate of drug-likeness (QED) is 0.459. The van der Waals surface area contributed by atoms with Crippen LogP contribution in [-0.4, -0.2) is 35.0 Å². The minimum Gasteiger partial charge on any atom is -0.495 e. The van der Waals surface area contributed by atoms with Gasteiger partial charge >= 0.3 is 5.97 Å². The lowest BCUT2D eigenvalue weighted by Gasteiger charge is -2.14. The maximum Gasteiger partial charge on any atom is 0.355 e. The summed E-state index contributed by atoms with van der Waals surface area (Å²) in [6.45, 7) is 1.36. The number of aromatic nitrogens is 1. The normalized spacial score (nSPS) is 11.5. The Bertz CT molecular complexity index is 819. The van der Waals surface area contributed by atoms with E-state index in [1.807, 2.05) is 0 Å². The lowest BCUT2D eigenvalue weighted by molar-refractivity contribution is -0.384. The zero-order chi connectivity index (χ0) is 18.6. The fourth-order valence-corrected chi connectivity index (χ4v) is 2.07. The van der Waals surface area contributed by atoms with Gasteiger partial charge in [-0.2, -0.15) is 0 Å². The summed E-state index contributed by atoms with van der Waals surface area (Å²) in [7, 11) is 1.36. The van der Waals surface area contributed by atoms with Crippen molar-refractivity contribution in [2.75, 3.05) is 12.4 Å². The maximum absolute atomic E-state index is 12.2. The first kappa shape index (κ1) is 18.3. The lowest BCUT2D eigenvalue weighted by Crippen LogP contribution is -2.30. The molecule has 0 aliphatic carbocycles. The maximum atomic E-state index is 12.2. The van der Waals surface area contributed by atoms with Crippen LogP contribution in [0.4, 0.5) is 11.4 Å². The molecular formula is C15H14ClN3O6. The number of carbonyl (C=O) groups is 2. The number of non-ortho nitro benzene ring substituents is 1. The van der Waals surface area contributed by atoms with Gasteiger partial charge in [0.1, 0.15) is 11.4 Å². The largest absolute Gasteiger partial charge is 0.495 e. The van der Waals surface area contributed by atoms with Gasteiger partial charge in [0.15, 0.2) is 6.10 Å². The lowest BCUT2D eigenvalue weighted by atomic mass is 10.2. The van der Waals surface area contributed by atoms with Crippen molar-refractivity contribution in [3.05, 3.63) is 51.3 Å². The van der Waals surface area contributed by atoms with Crippen LogP contribution >= 0.6 is 11.6 Å². The van der Waals surface area contributed by atoms with E-state index in [4.69, 9.17) is 21.1 Å². The Morgan fingerprint density at radius 2 is 2.08 bits per heavy atom. The molecule has 1 atom stereocenters. The highest BCUT2D eigenvalue weighted by molar-refractivity contribution is 6.30. The molecule has 0 fully saturated rings. The molecule has 25 heavy (non-hydrogen) atoms. The van der Waals surface area contributed by atoms with Crippen LogP contribution in [0.3, 0.4) is 0 Å². The van der Waals surface area contributed by atoms with E-state index >= 15 is 0 Å². The average molecular weight is 368 g/mol. The van der Waals surface area contributed by atoms with E-state index in [0.29, 0.717) is 5.02 Å². The van der Waals surface area contributed by atoms with Gasteiger partial charge in [-0.25, -0.2) is 4.79 Å². The number of esters is 1. The van der Waals surface area contributed by atoms with E-state index in [9.17, 15) is 19.7 Å². The third-order valence-electron chi connectivity index (χ3n) is 3.17. The monoisotopic (exact) mass is 367 g/mol. The van der Waals surface area contributed by atoms with Crippen LogP contribution in [0.15, 0.2) is 30.5 Å². The van der Waals surface area contributed by atoms with Gasteiger partial charge in [0.2, 0.25) is 0 Å². The van der Waals surface area contributed by atoms with E-state index in [1.54, 1.807) is 0 Å². The third kappa shape index (κ3) is 4.48. The number of benzene rings is 1. The molecule has 132 valence electrons. The van der Waals surface area contributed by atoms with Gasteiger partial charge in [-0.1, -0.05) is 11.6 Å². The standard InChI is InChI=1S/C15H14ClN3O6/c1-8(25-15(21)12-5-9(16)7-17-12)14(20)18-11-6-10(19(22)23)3-4-13(11)24-2/h3-8,17H,1-2H3,(H,18,20)/t8-/m1/s1. The molecule has 0 aliphatic heterocycles. The number of methoxy groups -OCH3 is 1. The van der Waals surface area contributed by atoms with Crippen molar-refractivity contribution in [3.63, 3.8) is 0 Å². The Morgan fingerprint density at radius 1 is 1.36 bits per heavy atom. The molecule has 10 heteroatoms. The van der Waals surface area contributed by atoms with Crippen molar-refractivity contribution in [2.45, 2.75) is 13.0 Å². The Kier molecular flexibility index (Phi) is 5.60. The highest BCUT2D eigenvalue weighted by Gasteiger charge is 2.22. The number of carbonyl (C=O) groups excluding carboxylic acids is 2. The van der Waals surface area contributed by atoms with E-state index < -0.39 is 22.9 Å². The van der Waals surface area contributed by atoms with E-state index in [2.05, 4.69) is 10.3 Å². The molecule has 2 N–H and O–H groups in total. The first-order chi connectivity index (χ1) is 11.8. The average Bonchev–Trinajstić information content (AvgIpc) is 3.01. The SMILES string of the molecule is COc1ccc([N+](=O)[O-])cc1NC(=O)[C@@H](C)OC(=O)c1cc(Cl)c[nH]1. The summed E-state index contributed by atoms with van der Waals surface area (Å²) in [4.78, 5) is 36.9. The Hall–Kier alpha value is -3.07. The molecule has 1 amide bonds. The molecule has 0 saturated heterocycles. The van der Waals surface area contributed by atoms with Crippen molar-refractivity contribution >= 4 is 34.9 Å². The Morgan fingerprint density at radius 3 is 2.64 bits per heavy atom. The molecule has 0 radical (unpaired) electrons. The number of ether oxygens (including phenoxy) is 2. The van der Waals surface area contributed by atoms with Gasteiger partial charge in [-0.15, -0.1) is 0 Å². The predicted molar refractivity (Wildman–Crippen MR) is 89.0 cm³/mol. The third-order valence-corrected chi connectivity index (χ3v) is 3.39. The number of halogens is 1. The highest BCUT2D eigenvalue weighted by atomic mass is 35.5. The number of nitro groups is 1. The number of hydrogen-bond acceptors (Lipinski definition) is 6. The molecule has 0 saturated carbocycles. The van der Waals surface area contributed by atoms with Gasteiger partial charge in [0.25, 0.3) is 11.6 Å². The fraction of sp³-hybridized carbons (Fsp3) is 0.200. The van der Waals surface area contributed by atoms with Crippen LogP contribution in [-0.2, 0) is 9.53 Å². The van der Waals surface area contributed by atoms with Crippen LogP contribution in [0.2, 0.25) is 5.02 Å². The van der Waals surface area contributed by atoms with Crippen LogP contribution in [0.5, 0.6) is 5.75 Å². The van der Waals surface area contributed by atoms with Crippen LogP contribution in [0.1, 0.15) is 17.4 Å². The summed E-state index contributed by atoms with van der Waals surface area (Å²) in [5, 5.41) is 13.6. The molecule has 1 aromatic carbocycles. The number of hydrogen-bond donors (Lipinski definition) is 2. The molecule has 1 heterocycles. The summed E-state index contributed by atoms with van der Waals surface area (Å²) in [5.41, 5.74) is -0.0353. The fourth-order valence-electron chi connectivity index (χ4n) is 1.90. The van der Waals surface area contributed by atoms with Crippen molar-refractivity contribution in [1.29, 1.82) is 0 Å². The Balaban J connectivity index is 2.09. The molecule has 0 unspecified atom stereocenters. The number of H-pyrrole nitrogens is 1. The number of anilines is 1. The van der Waals surface area contributed by atoms with Crippen molar-refractivity contribution in [3.8, 4) is 5.75 Å². The summed E-state index contributed by atoms with van der Waals surface area (Å²) in [6.07, 6.45) is 0.246. The second-order valence-corrected chi connectivity index (χ2v) is 5.35. The van der Waals surface area contributed by atoms with Crippen LogP contribution in [0.25, 0.3) is 0 Å². The zero-order valence-electron chi connectivity index (χ0n) is 13.2. The molecular weight excluding hydrogens is 354 g/mol. The predicted octanol–water partition coefficient (Wildman–Crippen LogP) is 2.77. The molecule has 0 bridgehead atoms. The number of rotatable bonds is 6. The van der Waals surface area contributed by atoms with Gasteiger partial charge in [0, 0.05) is 18.3 Å². The van der Waals surface area contributed by atoms with Crippen LogP contribution < -0.4 is 10.1 Å². The minimum atomic E-state index is -1.15. The topological polar surface area (TPSA) is 124 Å². The molecule has 9 nitrogen and oxygen atoms in total. The summed E-state index contributed by atoms with van der Waals surface area (Å²) >= 11 is 5.70. The first-order valence-electron chi connectivity index (χ1n) is 7.00. The van der Waals surface area contributed by atoms with E-state index in [-0.39, 0.29) is 22.8 Å². The van der Waals surface area contributed by atoms with Gasteiger partial charge < -0.3 is 19.8 Å². The van der Waals surface area contributed by atoms with E-state index in [0.717, 1.165) is 6.07 Å². The van der Waals surface area contributed by atoms with Gasteiger partial charge in [-0.3, -0.25) is 14.9 Å².